The Morgan fingerprint density at radius 3 is 2.56 bits per heavy atom. The van der Waals surface area contributed by atoms with Crippen LogP contribution in [0.2, 0.25) is 5.02 Å². The number of nitrogens with zero attached hydrogens (tertiary/aromatic N) is 3. The molecule has 0 bridgehead atoms. The van der Waals surface area contributed by atoms with Gasteiger partial charge >= 0.3 is 0 Å². The number of fused-ring (bicyclic) bond motifs is 3. The Balaban J connectivity index is 1.67. The van der Waals surface area contributed by atoms with Crippen LogP contribution in [-0.4, -0.2) is 20.5 Å². The third-order valence-corrected chi connectivity index (χ3v) is 5.83. The molecule has 0 atom stereocenters. The van der Waals surface area contributed by atoms with Gasteiger partial charge in [0, 0.05) is 27.1 Å². The van der Waals surface area contributed by atoms with Crippen molar-refractivity contribution in [2.75, 3.05) is 0 Å². The van der Waals surface area contributed by atoms with Gasteiger partial charge < -0.3 is 0 Å². The van der Waals surface area contributed by atoms with Crippen molar-refractivity contribution in [1.29, 1.82) is 0 Å². The molecule has 6 heteroatoms. The molecule has 5 rings (SSSR count). The number of halogens is 1. The number of rotatable bonds is 3. The highest BCUT2D eigenvalue weighted by atomic mass is 35.5. The van der Waals surface area contributed by atoms with Crippen LogP contribution in [0.25, 0.3) is 27.6 Å². The second-order valence-electron chi connectivity index (χ2n) is 6.33. The predicted molar refractivity (Wildman–Crippen MR) is 108 cm³/mol. The molecule has 2 aromatic carbocycles. The van der Waals surface area contributed by atoms with Crippen LogP contribution >= 0.6 is 22.9 Å². The number of aromatic nitrogens is 3. The normalized spacial score (nSPS) is 12.3. The van der Waals surface area contributed by atoms with Crippen LogP contribution in [0.15, 0.2) is 53.9 Å². The third kappa shape index (κ3) is 2.46. The van der Waals surface area contributed by atoms with E-state index in [4.69, 9.17) is 21.7 Å². The van der Waals surface area contributed by atoms with Gasteiger partial charge in [-0.15, -0.1) is 11.3 Å². The SMILES string of the molecule is CCc1nn(-c2nc(-c3ccc(Cl)cc3)cs2)c2c1C(=O)c1ccccc1-2. The minimum Gasteiger partial charge on any atom is -0.288 e. The van der Waals surface area contributed by atoms with Gasteiger partial charge in [-0.05, 0) is 18.6 Å². The van der Waals surface area contributed by atoms with Crippen LogP contribution in [0, 0.1) is 0 Å². The first-order valence-electron chi connectivity index (χ1n) is 8.65. The molecule has 0 saturated carbocycles. The summed E-state index contributed by atoms with van der Waals surface area (Å²) >= 11 is 7.49. The molecule has 0 amide bonds. The monoisotopic (exact) mass is 391 g/mol. The summed E-state index contributed by atoms with van der Waals surface area (Å²) in [5.74, 6) is 0.0539. The molecule has 0 unspecified atom stereocenters. The molecule has 4 nitrogen and oxygen atoms in total. The topological polar surface area (TPSA) is 47.8 Å². The Labute approximate surface area is 165 Å². The van der Waals surface area contributed by atoms with Gasteiger partial charge in [0.25, 0.3) is 0 Å². The van der Waals surface area contributed by atoms with Crippen LogP contribution in [0.1, 0.15) is 28.5 Å². The summed E-state index contributed by atoms with van der Waals surface area (Å²) in [6.07, 6.45) is 0.699. The lowest BCUT2D eigenvalue weighted by Gasteiger charge is -2.03. The summed E-state index contributed by atoms with van der Waals surface area (Å²) in [6, 6.07) is 15.3. The molecule has 4 aromatic rings. The van der Waals surface area contributed by atoms with Gasteiger partial charge in [0.2, 0.25) is 5.13 Å². The van der Waals surface area contributed by atoms with Gasteiger partial charge in [-0.2, -0.15) is 5.10 Å². The van der Waals surface area contributed by atoms with Crippen molar-refractivity contribution in [3.8, 4) is 27.6 Å². The summed E-state index contributed by atoms with van der Waals surface area (Å²) in [6.45, 7) is 2.02. The van der Waals surface area contributed by atoms with E-state index < -0.39 is 0 Å². The maximum Gasteiger partial charge on any atom is 0.211 e. The summed E-state index contributed by atoms with van der Waals surface area (Å²) in [7, 11) is 0. The number of hydrogen-bond donors (Lipinski definition) is 0. The molecule has 0 spiro atoms. The Bertz CT molecular complexity index is 1190. The minimum absolute atomic E-state index is 0.0539. The quantitative estimate of drug-likeness (QED) is 0.412. The second-order valence-corrected chi connectivity index (χ2v) is 7.61. The van der Waals surface area contributed by atoms with Crippen molar-refractivity contribution in [2.24, 2.45) is 0 Å². The van der Waals surface area contributed by atoms with E-state index in [1.54, 1.807) is 0 Å². The average molecular weight is 392 g/mol. The van der Waals surface area contributed by atoms with Crippen molar-refractivity contribution in [1.82, 2.24) is 14.8 Å². The molecular weight excluding hydrogens is 378 g/mol. The van der Waals surface area contributed by atoms with Crippen LogP contribution in [0.4, 0.5) is 0 Å². The fourth-order valence-electron chi connectivity index (χ4n) is 3.47. The molecule has 0 saturated heterocycles. The molecule has 27 heavy (non-hydrogen) atoms. The van der Waals surface area contributed by atoms with Crippen molar-refractivity contribution in [3.05, 3.63) is 75.8 Å². The lowest BCUT2D eigenvalue weighted by Crippen LogP contribution is -2.01. The van der Waals surface area contributed by atoms with E-state index in [9.17, 15) is 4.79 Å². The van der Waals surface area contributed by atoms with Gasteiger partial charge in [-0.25, -0.2) is 9.67 Å². The lowest BCUT2D eigenvalue weighted by molar-refractivity contribution is 0.104. The Hall–Kier alpha value is -2.76. The molecule has 2 aromatic heterocycles. The number of thiazole rings is 1. The molecule has 0 aliphatic heterocycles. The van der Waals surface area contributed by atoms with E-state index in [1.807, 2.05) is 65.5 Å². The van der Waals surface area contributed by atoms with Crippen molar-refractivity contribution < 1.29 is 4.79 Å². The van der Waals surface area contributed by atoms with Gasteiger partial charge in [0.1, 0.15) is 0 Å². The standard InChI is InChI=1S/C21H14ClN3OS/c1-2-16-18-19(14-5-3-4-6-15(14)20(18)26)25(24-16)21-23-17(11-27-21)12-7-9-13(22)10-8-12/h3-11H,2H2,1H3. The number of carbonyl (C=O) groups is 1. The molecule has 0 N–H and O–H groups in total. The van der Waals surface area contributed by atoms with Crippen LogP contribution in [0.3, 0.4) is 0 Å². The van der Waals surface area contributed by atoms with Gasteiger partial charge in [0.05, 0.1) is 22.6 Å². The Morgan fingerprint density at radius 2 is 1.81 bits per heavy atom. The van der Waals surface area contributed by atoms with Crippen LogP contribution < -0.4 is 0 Å². The summed E-state index contributed by atoms with van der Waals surface area (Å²) in [4.78, 5) is 17.7. The largest absolute Gasteiger partial charge is 0.288 e. The van der Waals surface area contributed by atoms with E-state index in [1.165, 1.54) is 11.3 Å². The average Bonchev–Trinajstić information content (AvgIpc) is 3.38. The molecular formula is C21H14ClN3OS. The number of ketones is 1. The highest BCUT2D eigenvalue weighted by molar-refractivity contribution is 7.12. The number of hydrogen-bond acceptors (Lipinski definition) is 4. The molecule has 2 heterocycles. The summed E-state index contributed by atoms with van der Waals surface area (Å²) in [5.41, 5.74) is 5.90. The molecule has 1 aliphatic carbocycles. The maximum atomic E-state index is 12.9. The number of aryl methyl sites for hydroxylation is 1. The predicted octanol–water partition coefficient (Wildman–Crippen LogP) is 5.42. The summed E-state index contributed by atoms with van der Waals surface area (Å²) in [5, 5.41) is 8.16. The maximum absolute atomic E-state index is 12.9. The van der Waals surface area contributed by atoms with E-state index >= 15 is 0 Å². The van der Waals surface area contributed by atoms with E-state index in [2.05, 4.69) is 0 Å². The first kappa shape index (κ1) is 16.4. The molecule has 1 aliphatic rings. The van der Waals surface area contributed by atoms with Crippen molar-refractivity contribution >= 4 is 28.7 Å². The highest BCUT2D eigenvalue weighted by Gasteiger charge is 2.34. The highest BCUT2D eigenvalue weighted by Crippen LogP contribution is 2.40. The molecule has 0 radical (unpaired) electrons. The zero-order valence-electron chi connectivity index (χ0n) is 14.4. The first-order valence-corrected chi connectivity index (χ1v) is 9.91. The Morgan fingerprint density at radius 1 is 1.07 bits per heavy atom. The minimum atomic E-state index is 0.0539. The second kappa shape index (κ2) is 6.15. The lowest BCUT2D eigenvalue weighted by atomic mass is 10.1. The fraction of sp³-hybridized carbons (Fsp3) is 0.0952. The van der Waals surface area contributed by atoms with Gasteiger partial charge in [-0.1, -0.05) is 54.9 Å². The number of carbonyl (C=O) groups excluding carboxylic acids is 1. The summed E-state index contributed by atoms with van der Waals surface area (Å²) < 4.78 is 1.82. The smallest absolute Gasteiger partial charge is 0.211 e. The molecule has 132 valence electrons. The van der Waals surface area contributed by atoms with Crippen LogP contribution in [-0.2, 0) is 6.42 Å². The van der Waals surface area contributed by atoms with E-state index in [0.717, 1.165) is 38.9 Å². The van der Waals surface area contributed by atoms with E-state index in [0.29, 0.717) is 17.0 Å². The zero-order chi connectivity index (χ0) is 18.5. The van der Waals surface area contributed by atoms with Crippen molar-refractivity contribution in [3.63, 3.8) is 0 Å². The first-order chi connectivity index (χ1) is 13.2. The Kier molecular flexibility index (Phi) is 3.74. The third-order valence-electron chi connectivity index (χ3n) is 4.76. The fourth-order valence-corrected chi connectivity index (χ4v) is 4.39. The van der Waals surface area contributed by atoms with Gasteiger partial charge in [0.15, 0.2) is 5.78 Å². The van der Waals surface area contributed by atoms with Crippen molar-refractivity contribution in [2.45, 2.75) is 13.3 Å². The molecule has 0 fully saturated rings. The number of benzene rings is 2. The van der Waals surface area contributed by atoms with Crippen LogP contribution in [0.5, 0.6) is 0 Å². The van der Waals surface area contributed by atoms with Gasteiger partial charge in [-0.3, -0.25) is 4.79 Å². The zero-order valence-corrected chi connectivity index (χ0v) is 16.0. The van der Waals surface area contributed by atoms with E-state index in [-0.39, 0.29) is 5.78 Å².